The number of esters is 1. The third-order valence-electron chi connectivity index (χ3n) is 3.42. The molecular weight excluding hydrogens is 282 g/mol. The Hall–Kier alpha value is -2.04. The highest BCUT2D eigenvalue weighted by Crippen LogP contribution is 2.21. The summed E-state index contributed by atoms with van der Waals surface area (Å²) in [5.74, 6) is -0.364. The van der Waals surface area contributed by atoms with Gasteiger partial charge < -0.3 is 14.4 Å². The summed E-state index contributed by atoms with van der Waals surface area (Å²) < 4.78 is 10.7. The maximum atomic E-state index is 12.1. The summed E-state index contributed by atoms with van der Waals surface area (Å²) in [6.07, 6.45) is 1.37. The summed E-state index contributed by atoms with van der Waals surface area (Å²) in [5, 5.41) is 0. The largest absolute Gasteiger partial charge is 0.460 e. The van der Waals surface area contributed by atoms with Crippen LogP contribution in [-0.4, -0.2) is 41.8 Å². The Morgan fingerprint density at radius 1 is 1.23 bits per heavy atom. The monoisotopic (exact) mass is 305 g/mol. The molecule has 0 radical (unpaired) electrons. The lowest BCUT2D eigenvalue weighted by molar-refractivity contribution is 0.0106. The van der Waals surface area contributed by atoms with Crippen molar-refractivity contribution in [2.24, 2.45) is 0 Å². The van der Waals surface area contributed by atoms with Crippen LogP contribution in [0.5, 0.6) is 0 Å². The van der Waals surface area contributed by atoms with Crippen molar-refractivity contribution in [3.05, 3.63) is 35.9 Å². The number of nitrogens with zero attached hydrogens (tertiary/aromatic N) is 1. The molecule has 0 bridgehead atoms. The van der Waals surface area contributed by atoms with Crippen LogP contribution < -0.4 is 0 Å². The quantitative estimate of drug-likeness (QED) is 0.804. The number of amides is 1. The fourth-order valence-corrected chi connectivity index (χ4v) is 2.40. The second-order valence-electron chi connectivity index (χ2n) is 6.43. The summed E-state index contributed by atoms with van der Waals surface area (Å²) >= 11 is 0. The van der Waals surface area contributed by atoms with Gasteiger partial charge >= 0.3 is 12.1 Å². The van der Waals surface area contributed by atoms with E-state index in [4.69, 9.17) is 9.47 Å². The molecule has 0 aromatic heterocycles. The first-order valence-corrected chi connectivity index (χ1v) is 7.58. The molecule has 1 aromatic carbocycles. The molecule has 1 aliphatic heterocycles. The van der Waals surface area contributed by atoms with E-state index in [-0.39, 0.29) is 24.7 Å². The smallest absolute Gasteiger partial charge is 0.410 e. The highest BCUT2D eigenvalue weighted by molar-refractivity contribution is 5.89. The third-order valence-corrected chi connectivity index (χ3v) is 3.42. The molecule has 5 nitrogen and oxygen atoms in total. The minimum Gasteiger partial charge on any atom is -0.460 e. The molecule has 0 unspecified atom stereocenters. The van der Waals surface area contributed by atoms with Crippen molar-refractivity contribution < 1.29 is 19.1 Å². The van der Waals surface area contributed by atoms with E-state index in [0.29, 0.717) is 12.1 Å². The van der Waals surface area contributed by atoms with Crippen molar-refractivity contribution in [1.82, 2.24) is 4.90 Å². The highest BCUT2D eigenvalue weighted by Gasteiger charge is 2.32. The number of carbonyl (C=O) groups excluding carboxylic acids is 2. The van der Waals surface area contributed by atoms with E-state index >= 15 is 0 Å². The number of hydrogen-bond donors (Lipinski definition) is 0. The van der Waals surface area contributed by atoms with Crippen molar-refractivity contribution in [2.45, 2.75) is 45.3 Å². The van der Waals surface area contributed by atoms with Crippen LogP contribution in [0.15, 0.2) is 30.3 Å². The Labute approximate surface area is 131 Å². The van der Waals surface area contributed by atoms with Crippen LogP contribution in [-0.2, 0) is 9.47 Å². The Kier molecular flexibility index (Phi) is 5.06. The number of hydrogen-bond acceptors (Lipinski definition) is 4. The van der Waals surface area contributed by atoms with Crippen molar-refractivity contribution >= 4 is 12.1 Å². The maximum absolute atomic E-state index is 12.1. The first-order valence-electron chi connectivity index (χ1n) is 7.58. The van der Waals surface area contributed by atoms with Gasteiger partial charge in [0.1, 0.15) is 12.2 Å². The van der Waals surface area contributed by atoms with Crippen LogP contribution in [0.25, 0.3) is 0 Å². The molecule has 0 spiro atoms. The van der Waals surface area contributed by atoms with E-state index in [1.165, 1.54) is 0 Å². The molecule has 0 N–H and O–H groups in total. The van der Waals surface area contributed by atoms with Crippen LogP contribution in [0.2, 0.25) is 0 Å². The molecule has 120 valence electrons. The zero-order chi connectivity index (χ0) is 16.2. The molecule has 1 amide bonds. The molecule has 5 heteroatoms. The van der Waals surface area contributed by atoms with E-state index in [0.717, 1.165) is 12.8 Å². The van der Waals surface area contributed by atoms with Crippen LogP contribution in [0.4, 0.5) is 4.79 Å². The Morgan fingerprint density at radius 3 is 2.55 bits per heavy atom. The lowest BCUT2D eigenvalue weighted by atomic mass is 10.2. The average molecular weight is 305 g/mol. The van der Waals surface area contributed by atoms with Gasteiger partial charge in [-0.25, -0.2) is 9.59 Å². The van der Waals surface area contributed by atoms with Gasteiger partial charge in [0.15, 0.2) is 0 Å². The molecular formula is C17H23NO4. The maximum Gasteiger partial charge on any atom is 0.410 e. The van der Waals surface area contributed by atoms with E-state index in [1.807, 2.05) is 26.8 Å². The molecule has 1 heterocycles. The standard InChI is InChI=1S/C17H23NO4/c1-17(2,3)22-16(20)18-11-7-10-14(18)12-21-15(19)13-8-5-4-6-9-13/h4-6,8-9,14H,7,10-12H2,1-3H3/t14-/m0/s1. The van der Waals surface area contributed by atoms with Gasteiger partial charge in [0, 0.05) is 6.54 Å². The predicted octanol–water partition coefficient (Wildman–Crippen LogP) is 3.24. The highest BCUT2D eigenvalue weighted by atomic mass is 16.6. The second-order valence-corrected chi connectivity index (χ2v) is 6.43. The van der Waals surface area contributed by atoms with Crippen LogP contribution in [0, 0.1) is 0 Å². The van der Waals surface area contributed by atoms with Gasteiger partial charge in [-0.3, -0.25) is 0 Å². The summed E-state index contributed by atoms with van der Waals surface area (Å²) in [6, 6.07) is 8.74. The van der Waals surface area contributed by atoms with Crippen molar-refractivity contribution in [3.63, 3.8) is 0 Å². The summed E-state index contributed by atoms with van der Waals surface area (Å²) in [7, 11) is 0. The number of benzene rings is 1. The summed E-state index contributed by atoms with van der Waals surface area (Å²) in [6.45, 7) is 6.36. The fourth-order valence-electron chi connectivity index (χ4n) is 2.40. The van der Waals surface area contributed by atoms with Gasteiger partial charge in [-0.05, 0) is 45.7 Å². The van der Waals surface area contributed by atoms with Crippen molar-refractivity contribution in [3.8, 4) is 0 Å². The van der Waals surface area contributed by atoms with E-state index in [9.17, 15) is 9.59 Å². The van der Waals surface area contributed by atoms with E-state index < -0.39 is 5.60 Å². The molecule has 1 fully saturated rings. The first-order chi connectivity index (χ1) is 10.4. The Bertz CT molecular complexity index is 521. The predicted molar refractivity (Wildman–Crippen MR) is 82.7 cm³/mol. The molecule has 1 aromatic rings. The SMILES string of the molecule is CC(C)(C)OC(=O)N1CCC[C@H]1COC(=O)c1ccccc1. The van der Waals surface area contributed by atoms with Gasteiger partial charge in [0.2, 0.25) is 0 Å². The molecule has 1 aliphatic rings. The molecule has 2 rings (SSSR count). The van der Waals surface area contributed by atoms with Gasteiger partial charge in [0.05, 0.1) is 11.6 Å². The Balaban J connectivity index is 1.89. The van der Waals surface area contributed by atoms with Crippen LogP contribution in [0.1, 0.15) is 44.0 Å². The first kappa shape index (κ1) is 16.3. The minimum absolute atomic E-state index is 0.109. The normalized spacial score (nSPS) is 18.1. The van der Waals surface area contributed by atoms with E-state index in [2.05, 4.69) is 0 Å². The number of rotatable bonds is 3. The van der Waals surface area contributed by atoms with Gasteiger partial charge in [0.25, 0.3) is 0 Å². The van der Waals surface area contributed by atoms with Gasteiger partial charge in [-0.15, -0.1) is 0 Å². The topological polar surface area (TPSA) is 55.8 Å². The molecule has 1 saturated heterocycles. The summed E-state index contributed by atoms with van der Waals surface area (Å²) in [4.78, 5) is 25.8. The van der Waals surface area contributed by atoms with E-state index in [1.54, 1.807) is 29.2 Å². The van der Waals surface area contributed by atoms with Gasteiger partial charge in [-0.1, -0.05) is 18.2 Å². The minimum atomic E-state index is -0.523. The number of carbonyl (C=O) groups is 2. The lowest BCUT2D eigenvalue weighted by Crippen LogP contribution is -2.42. The van der Waals surface area contributed by atoms with Gasteiger partial charge in [-0.2, -0.15) is 0 Å². The van der Waals surface area contributed by atoms with Crippen molar-refractivity contribution in [1.29, 1.82) is 0 Å². The summed E-state index contributed by atoms with van der Waals surface area (Å²) in [5.41, 5.74) is -0.00499. The number of ether oxygens (including phenoxy) is 2. The average Bonchev–Trinajstić information content (AvgIpc) is 2.92. The molecule has 0 saturated carbocycles. The number of likely N-dealkylation sites (tertiary alicyclic amines) is 1. The lowest BCUT2D eigenvalue weighted by Gasteiger charge is -2.28. The molecule has 22 heavy (non-hydrogen) atoms. The van der Waals surface area contributed by atoms with Crippen molar-refractivity contribution in [2.75, 3.05) is 13.2 Å². The second kappa shape index (κ2) is 6.81. The molecule has 1 atom stereocenters. The zero-order valence-electron chi connectivity index (χ0n) is 13.4. The third kappa shape index (κ3) is 4.48. The zero-order valence-corrected chi connectivity index (χ0v) is 13.4. The fraction of sp³-hybridized carbons (Fsp3) is 0.529. The Morgan fingerprint density at radius 2 is 1.91 bits per heavy atom. The van der Waals surface area contributed by atoms with Crippen LogP contribution >= 0.6 is 0 Å². The van der Waals surface area contributed by atoms with Crippen LogP contribution in [0.3, 0.4) is 0 Å². The molecule has 0 aliphatic carbocycles.